The summed E-state index contributed by atoms with van der Waals surface area (Å²) in [5.74, 6) is -0.686. The van der Waals surface area contributed by atoms with E-state index in [0.29, 0.717) is 30.3 Å². The molecule has 0 saturated carbocycles. The Labute approximate surface area is 442 Å². The SMILES string of the molecule is CC/C=C\C/C=C\C/C=C\C/C=C\C/C=C\CCCC(=O)OC(/C=C/CCCCCCCCCCCC)C(COP(=O)([O-])OCC[N+](C)(C)C)NC(=O)CCC/C=C\C/C=C\C/C=C\C/C=C\CCCCC. The minimum absolute atomic E-state index is 0.0478. The molecule has 0 heterocycles. The van der Waals surface area contributed by atoms with Crippen molar-refractivity contribution in [3.05, 3.63) is 122 Å². The van der Waals surface area contributed by atoms with Crippen molar-refractivity contribution in [2.24, 2.45) is 0 Å². The van der Waals surface area contributed by atoms with Gasteiger partial charge in [0, 0.05) is 12.8 Å². The Balaban J connectivity index is 5.56. The molecule has 0 aromatic carbocycles. The molecule has 1 amide bonds. The first-order chi connectivity index (χ1) is 34.9. The molecule has 0 aliphatic rings. The molecule has 1 N–H and O–H groups in total. The Morgan fingerprint density at radius 3 is 1.36 bits per heavy atom. The van der Waals surface area contributed by atoms with Gasteiger partial charge < -0.3 is 28.5 Å². The van der Waals surface area contributed by atoms with E-state index < -0.39 is 32.5 Å². The topological polar surface area (TPSA) is 114 Å². The van der Waals surface area contributed by atoms with E-state index in [4.69, 9.17) is 13.8 Å². The number of hydrogen-bond donors (Lipinski definition) is 1. The largest absolute Gasteiger partial charge is 0.756 e. The van der Waals surface area contributed by atoms with Crippen LogP contribution in [0.1, 0.15) is 207 Å². The Kier molecular flexibility index (Phi) is 48.4. The normalized spacial score (nSPS) is 14.7. The lowest BCUT2D eigenvalue weighted by atomic mass is 10.1. The molecule has 10 heteroatoms. The van der Waals surface area contributed by atoms with Crippen molar-refractivity contribution < 1.29 is 37.3 Å². The summed E-state index contributed by atoms with van der Waals surface area (Å²) in [5, 5.41) is 2.97. The minimum Gasteiger partial charge on any atom is -0.756 e. The van der Waals surface area contributed by atoms with Crippen molar-refractivity contribution in [1.82, 2.24) is 5.32 Å². The van der Waals surface area contributed by atoms with Crippen LogP contribution in [0, 0.1) is 0 Å². The van der Waals surface area contributed by atoms with Gasteiger partial charge in [-0.25, -0.2) is 0 Å². The highest BCUT2D eigenvalue weighted by molar-refractivity contribution is 7.45. The predicted octanol–water partition coefficient (Wildman–Crippen LogP) is 16.5. The lowest BCUT2D eigenvalue weighted by molar-refractivity contribution is -0.870. The maximum atomic E-state index is 13.5. The smallest absolute Gasteiger partial charge is 0.306 e. The summed E-state index contributed by atoms with van der Waals surface area (Å²) in [5.41, 5.74) is 0. The van der Waals surface area contributed by atoms with Crippen LogP contribution in [0.5, 0.6) is 0 Å². The average Bonchev–Trinajstić information content (AvgIpc) is 3.34. The number of amides is 1. The van der Waals surface area contributed by atoms with Crippen molar-refractivity contribution >= 4 is 19.7 Å². The molecule has 0 spiro atoms. The van der Waals surface area contributed by atoms with Crippen LogP contribution in [0.4, 0.5) is 0 Å². The Bertz CT molecular complexity index is 1650. The molecule has 0 aromatic rings. The zero-order chi connectivity index (χ0) is 52.9. The van der Waals surface area contributed by atoms with Gasteiger partial charge in [0.25, 0.3) is 7.82 Å². The molecule has 0 rings (SSSR count). The van der Waals surface area contributed by atoms with Crippen molar-refractivity contribution in [3.63, 3.8) is 0 Å². The lowest BCUT2D eigenvalue weighted by Gasteiger charge is -2.30. The number of carbonyl (C=O) groups is 2. The molecule has 0 fully saturated rings. The van der Waals surface area contributed by atoms with Gasteiger partial charge in [0.05, 0.1) is 33.8 Å². The number of likely N-dealkylation sites (N-methyl/N-ethyl adjacent to an activating group) is 1. The number of hydrogen-bond acceptors (Lipinski definition) is 7. The van der Waals surface area contributed by atoms with Gasteiger partial charge in [0.15, 0.2) is 0 Å². The van der Waals surface area contributed by atoms with Crippen LogP contribution in [0.15, 0.2) is 122 Å². The number of rotatable bonds is 49. The lowest BCUT2D eigenvalue weighted by Crippen LogP contribution is -2.47. The van der Waals surface area contributed by atoms with E-state index >= 15 is 0 Å². The third-order valence-electron chi connectivity index (χ3n) is 11.6. The quantitative estimate of drug-likeness (QED) is 0.0212. The molecule has 72 heavy (non-hydrogen) atoms. The highest BCUT2D eigenvalue weighted by atomic mass is 31.2. The van der Waals surface area contributed by atoms with Crippen LogP contribution in [0.3, 0.4) is 0 Å². The van der Waals surface area contributed by atoms with E-state index in [0.717, 1.165) is 83.5 Å². The van der Waals surface area contributed by atoms with Crippen molar-refractivity contribution in [1.29, 1.82) is 0 Å². The molecule has 0 aliphatic carbocycles. The first kappa shape index (κ1) is 68.4. The summed E-state index contributed by atoms with van der Waals surface area (Å²) in [6.07, 6.45) is 70.4. The second-order valence-electron chi connectivity index (χ2n) is 19.7. The fraction of sp³-hybridized carbons (Fsp3) is 0.645. The van der Waals surface area contributed by atoms with Gasteiger partial charge >= 0.3 is 5.97 Å². The maximum Gasteiger partial charge on any atom is 0.306 e. The second kappa shape index (κ2) is 50.9. The van der Waals surface area contributed by atoms with Crippen LogP contribution in [0.25, 0.3) is 0 Å². The van der Waals surface area contributed by atoms with Gasteiger partial charge in [-0.05, 0) is 109 Å². The van der Waals surface area contributed by atoms with E-state index in [1.807, 2.05) is 27.2 Å². The van der Waals surface area contributed by atoms with Gasteiger partial charge in [-0.3, -0.25) is 14.2 Å². The number of unbranched alkanes of at least 4 members (excludes halogenated alkanes) is 15. The monoisotopic (exact) mass is 1020 g/mol. The molecule has 9 nitrogen and oxygen atoms in total. The van der Waals surface area contributed by atoms with Crippen molar-refractivity contribution in [3.8, 4) is 0 Å². The number of nitrogens with zero attached hydrogens (tertiary/aromatic N) is 1. The van der Waals surface area contributed by atoms with Crippen LogP contribution < -0.4 is 10.2 Å². The Morgan fingerprint density at radius 2 is 0.889 bits per heavy atom. The van der Waals surface area contributed by atoms with E-state index in [1.54, 1.807) is 6.08 Å². The molecule has 0 saturated heterocycles. The Morgan fingerprint density at radius 1 is 0.500 bits per heavy atom. The first-order valence-electron chi connectivity index (χ1n) is 28.3. The second-order valence-corrected chi connectivity index (χ2v) is 21.1. The predicted molar refractivity (Wildman–Crippen MR) is 307 cm³/mol. The average molecular weight is 1020 g/mol. The summed E-state index contributed by atoms with van der Waals surface area (Å²) in [6.45, 7) is 6.58. The zero-order valence-corrected chi connectivity index (χ0v) is 47.5. The number of allylic oxidation sites excluding steroid dienone is 19. The molecule has 3 unspecified atom stereocenters. The standard InChI is InChI=1S/C62H105N2O7P/c1-7-10-13-16-19-22-25-28-30-32-34-36-39-42-45-48-51-54-61(65)63-59(58-70-72(67,68)69-57-56-64(4,5)6)60(53-50-47-44-41-38-27-24-21-18-15-12-9-3)71-62(66)55-52-49-46-43-40-37-35-33-31-29-26-23-20-17-14-11-8-2/h11,14,19-20,22-23,28-31,34-37,42-43,45-46,50,53,59-60H,7-10,12-13,15-18,21,24-27,32-33,38-41,44,47-49,51-52,54-58H2,1-6H3,(H-,63,65,67,68)/b14-11-,22-19-,23-20-,30-28-,31-29-,36-34-,37-35-,45-42-,46-43-,53-50+. The number of quaternary nitrogens is 1. The number of carbonyl (C=O) groups excluding carboxylic acids is 2. The number of phosphoric acid groups is 1. The molecular formula is C62H105N2O7P. The highest BCUT2D eigenvalue weighted by Gasteiger charge is 2.27. The van der Waals surface area contributed by atoms with Gasteiger partial charge in [-0.15, -0.1) is 0 Å². The zero-order valence-electron chi connectivity index (χ0n) is 46.6. The summed E-state index contributed by atoms with van der Waals surface area (Å²) < 4.78 is 30.1. The maximum absolute atomic E-state index is 13.5. The molecule has 0 aromatic heterocycles. The highest BCUT2D eigenvalue weighted by Crippen LogP contribution is 2.38. The number of esters is 1. The van der Waals surface area contributed by atoms with Gasteiger partial charge in [-0.1, -0.05) is 207 Å². The van der Waals surface area contributed by atoms with Crippen LogP contribution in [-0.4, -0.2) is 69.4 Å². The van der Waals surface area contributed by atoms with Crippen molar-refractivity contribution in [2.45, 2.75) is 219 Å². The fourth-order valence-corrected chi connectivity index (χ4v) is 7.98. The first-order valence-corrected chi connectivity index (χ1v) is 29.8. The summed E-state index contributed by atoms with van der Waals surface area (Å²) in [7, 11) is 1.10. The van der Waals surface area contributed by atoms with Gasteiger partial charge in [0.2, 0.25) is 5.91 Å². The Hall–Kier alpha value is -3.59. The summed E-state index contributed by atoms with van der Waals surface area (Å²) >= 11 is 0. The summed E-state index contributed by atoms with van der Waals surface area (Å²) in [4.78, 5) is 39.8. The van der Waals surface area contributed by atoms with Crippen molar-refractivity contribution in [2.75, 3.05) is 40.9 Å². The van der Waals surface area contributed by atoms with Crippen LogP contribution in [-0.2, 0) is 27.9 Å². The molecule has 0 radical (unpaired) electrons. The molecular weight excluding hydrogens is 916 g/mol. The minimum atomic E-state index is -4.73. The number of phosphoric ester groups is 1. The van der Waals surface area contributed by atoms with E-state index in [2.05, 4.69) is 135 Å². The fourth-order valence-electron chi connectivity index (χ4n) is 7.25. The van der Waals surface area contributed by atoms with E-state index in [-0.39, 0.29) is 25.4 Å². The third kappa shape index (κ3) is 51.3. The van der Waals surface area contributed by atoms with E-state index in [9.17, 15) is 19.0 Å². The molecule has 410 valence electrons. The molecule has 0 bridgehead atoms. The van der Waals surface area contributed by atoms with Gasteiger partial charge in [0.1, 0.15) is 19.3 Å². The molecule has 0 aliphatic heterocycles. The number of ether oxygens (including phenoxy) is 1. The summed E-state index contributed by atoms with van der Waals surface area (Å²) in [6, 6.07) is -0.947. The van der Waals surface area contributed by atoms with Gasteiger partial charge in [-0.2, -0.15) is 0 Å². The van der Waals surface area contributed by atoms with E-state index in [1.165, 1.54) is 70.6 Å². The third-order valence-corrected chi connectivity index (χ3v) is 12.6. The number of nitrogens with one attached hydrogen (secondary N) is 1. The van der Waals surface area contributed by atoms with Crippen LogP contribution >= 0.6 is 7.82 Å². The van der Waals surface area contributed by atoms with Crippen LogP contribution in [0.2, 0.25) is 0 Å². The molecule has 3 atom stereocenters.